The summed E-state index contributed by atoms with van der Waals surface area (Å²) in [6, 6.07) is 11.3. The van der Waals surface area contributed by atoms with E-state index in [1.54, 1.807) is 0 Å². The normalized spacial score (nSPS) is 11.2. The maximum absolute atomic E-state index is 12.5. The Labute approximate surface area is 193 Å². The van der Waals surface area contributed by atoms with Crippen molar-refractivity contribution in [2.24, 2.45) is 0 Å². The fourth-order valence-corrected chi connectivity index (χ4v) is 3.97. The van der Waals surface area contributed by atoms with Crippen molar-refractivity contribution in [3.05, 3.63) is 58.1 Å². The first-order valence-corrected chi connectivity index (χ1v) is 12.2. The number of anilines is 1. The van der Waals surface area contributed by atoms with Crippen LogP contribution in [0.15, 0.2) is 42.5 Å². The SMILES string of the molecule is COc1ccc([N+](=O)[O-])cc1N(CC(=O)NCCCc1cccc(OC(C)C)c1)S(C)(=O)=O. The van der Waals surface area contributed by atoms with E-state index < -0.39 is 27.4 Å². The molecule has 0 aliphatic heterocycles. The maximum atomic E-state index is 12.5. The minimum absolute atomic E-state index is 0.0713. The second-order valence-corrected chi connectivity index (χ2v) is 9.56. The first-order valence-electron chi connectivity index (χ1n) is 10.3. The summed E-state index contributed by atoms with van der Waals surface area (Å²) in [6.07, 6.45) is 2.33. The third-order valence-corrected chi connectivity index (χ3v) is 5.69. The highest BCUT2D eigenvalue weighted by atomic mass is 32.2. The number of carbonyl (C=O) groups is 1. The van der Waals surface area contributed by atoms with Crippen LogP contribution >= 0.6 is 0 Å². The van der Waals surface area contributed by atoms with Gasteiger partial charge in [-0.3, -0.25) is 19.2 Å². The highest BCUT2D eigenvalue weighted by Gasteiger charge is 2.26. The van der Waals surface area contributed by atoms with Gasteiger partial charge in [-0.15, -0.1) is 0 Å². The van der Waals surface area contributed by atoms with Gasteiger partial charge in [0, 0.05) is 18.7 Å². The van der Waals surface area contributed by atoms with Gasteiger partial charge in [0.1, 0.15) is 23.7 Å². The van der Waals surface area contributed by atoms with Crippen molar-refractivity contribution in [1.29, 1.82) is 0 Å². The minimum atomic E-state index is -3.92. The van der Waals surface area contributed by atoms with Crippen molar-refractivity contribution in [3.8, 4) is 11.5 Å². The van der Waals surface area contributed by atoms with E-state index in [2.05, 4.69) is 5.32 Å². The first kappa shape index (κ1) is 25.9. The smallest absolute Gasteiger partial charge is 0.271 e. The van der Waals surface area contributed by atoms with E-state index in [0.717, 1.165) is 27.9 Å². The Morgan fingerprint density at radius 2 is 1.94 bits per heavy atom. The van der Waals surface area contributed by atoms with Crippen LogP contribution < -0.4 is 19.1 Å². The molecular weight excluding hydrogens is 450 g/mol. The molecule has 0 aromatic heterocycles. The number of ether oxygens (including phenoxy) is 2. The lowest BCUT2D eigenvalue weighted by Crippen LogP contribution is -2.40. The molecule has 0 spiro atoms. The Morgan fingerprint density at radius 3 is 2.55 bits per heavy atom. The van der Waals surface area contributed by atoms with Crippen LogP contribution in [0.5, 0.6) is 11.5 Å². The number of amides is 1. The molecule has 2 aromatic carbocycles. The molecule has 0 unspecified atom stereocenters. The summed E-state index contributed by atoms with van der Waals surface area (Å²) < 4.78 is 36.3. The standard InChI is InChI=1S/C22H29N3O7S/c1-16(2)32-19-9-5-7-17(13-19)8-6-12-23-22(26)15-24(33(4,29)30)20-14-18(25(27)28)10-11-21(20)31-3/h5,7,9-11,13-14,16H,6,8,12,15H2,1-4H3,(H,23,26). The number of hydrogen-bond donors (Lipinski definition) is 1. The van der Waals surface area contributed by atoms with Gasteiger partial charge in [-0.1, -0.05) is 12.1 Å². The molecule has 0 bridgehead atoms. The monoisotopic (exact) mass is 479 g/mol. The molecule has 0 aliphatic rings. The van der Waals surface area contributed by atoms with Crippen LogP contribution in [-0.2, 0) is 21.2 Å². The molecule has 0 atom stereocenters. The van der Waals surface area contributed by atoms with Crippen LogP contribution in [0.3, 0.4) is 0 Å². The summed E-state index contributed by atoms with van der Waals surface area (Å²) >= 11 is 0. The number of rotatable bonds is 12. The number of methoxy groups -OCH3 is 1. The molecule has 0 fully saturated rings. The van der Waals surface area contributed by atoms with E-state index in [4.69, 9.17) is 9.47 Å². The number of nitro groups is 1. The summed E-state index contributed by atoms with van der Waals surface area (Å²) in [6.45, 7) is 3.70. The van der Waals surface area contributed by atoms with Gasteiger partial charge in [0.05, 0.1) is 24.4 Å². The number of benzene rings is 2. The Bertz CT molecular complexity index is 1090. The van der Waals surface area contributed by atoms with E-state index in [1.165, 1.54) is 19.2 Å². The molecule has 1 N–H and O–H groups in total. The van der Waals surface area contributed by atoms with E-state index in [1.807, 2.05) is 38.1 Å². The second kappa shape index (κ2) is 11.5. The molecule has 180 valence electrons. The van der Waals surface area contributed by atoms with E-state index in [0.29, 0.717) is 19.4 Å². The molecule has 0 saturated heterocycles. The van der Waals surface area contributed by atoms with Gasteiger partial charge in [0.15, 0.2) is 0 Å². The number of nitrogens with one attached hydrogen (secondary N) is 1. The Kier molecular flexibility index (Phi) is 9.03. The predicted molar refractivity (Wildman–Crippen MR) is 125 cm³/mol. The molecular formula is C22H29N3O7S. The molecule has 0 heterocycles. The van der Waals surface area contributed by atoms with Gasteiger partial charge >= 0.3 is 0 Å². The third kappa shape index (κ3) is 7.94. The van der Waals surface area contributed by atoms with Crippen molar-refractivity contribution in [3.63, 3.8) is 0 Å². The largest absolute Gasteiger partial charge is 0.495 e. The molecule has 2 aromatic rings. The van der Waals surface area contributed by atoms with Crippen molar-refractivity contribution in [1.82, 2.24) is 5.32 Å². The average Bonchev–Trinajstić information content (AvgIpc) is 2.73. The highest BCUT2D eigenvalue weighted by molar-refractivity contribution is 7.92. The summed E-state index contributed by atoms with van der Waals surface area (Å²) in [5, 5.41) is 13.8. The lowest BCUT2D eigenvalue weighted by molar-refractivity contribution is -0.384. The lowest BCUT2D eigenvalue weighted by Gasteiger charge is -2.23. The quantitative estimate of drug-likeness (QED) is 0.282. The van der Waals surface area contributed by atoms with Crippen LogP contribution in [0.25, 0.3) is 0 Å². The molecule has 10 nitrogen and oxygen atoms in total. The number of carbonyl (C=O) groups excluding carboxylic acids is 1. The number of hydrogen-bond acceptors (Lipinski definition) is 7. The van der Waals surface area contributed by atoms with Crippen LogP contribution in [-0.4, -0.2) is 51.8 Å². The van der Waals surface area contributed by atoms with Crippen LogP contribution in [0.2, 0.25) is 0 Å². The van der Waals surface area contributed by atoms with Crippen LogP contribution in [0, 0.1) is 10.1 Å². The second-order valence-electron chi connectivity index (χ2n) is 7.65. The van der Waals surface area contributed by atoms with E-state index in [-0.39, 0.29) is 23.2 Å². The van der Waals surface area contributed by atoms with Gasteiger partial charge in [-0.2, -0.15) is 0 Å². The van der Waals surface area contributed by atoms with E-state index >= 15 is 0 Å². The number of nitro benzene ring substituents is 1. The Morgan fingerprint density at radius 1 is 1.21 bits per heavy atom. The summed E-state index contributed by atoms with van der Waals surface area (Å²) in [4.78, 5) is 22.9. The van der Waals surface area contributed by atoms with Gasteiger partial charge in [-0.05, 0) is 50.5 Å². The number of sulfonamides is 1. The zero-order chi connectivity index (χ0) is 24.6. The number of non-ortho nitro benzene ring substituents is 1. The highest BCUT2D eigenvalue weighted by Crippen LogP contribution is 2.33. The van der Waals surface area contributed by atoms with Gasteiger partial charge in [0.2, 0.25) is 15.9 Å². The zero-order valence-corrected chi connectivity index (χ0v) is 19.9. The summed E-state index contributed by atoms with van der Waals surface area (Å²) in [5.41, 5.74) is 0.663. The van der Waals surface area contributed by atoms with Crippen molar-refractivity contribution < 1.29 is 27.6 Å². The molecule has 0 saturated carbocycles. The molecule has 2 rings (SSSR count). The number of aryl methyl sites for hydroxylation is 1. The Hall–Kier alpha value is -3.34. The fourth-order valence-electron chi connectivity index (χ4n) is 3.12. The predicted octanol–water partition coefficient (Wildman–Crippen LogP) is 2.91. The summed E-state index contributed by atoms with van der Waals surface area (Å²) in [7, 11) is -2.61. The van der Waals surface area contributed by atoms with E-state index in [9.17, 15) is 23.3 Å². The van der Waals surface area contributed by atoms with Crippen molar-refractivity contribution in [2.45, 2.75) is 32.8 Å². The van der Waals surface area contributed by atoms with Crippen LogP contribution in [0.4, 0.5) is 11.4 Å². The summed E-state index contributed by atoms with van der Waals surface area (Å²) in [5.74, 6) is 0.342. The molecule has 1 amide bonds. The lowest BCUT2D eigenvalue weighted by atomic mass is 10.1. The number of nitrogens with zero attached hydrogens (tertiary/aromatic N) is 2. The Balaban J connectivity index is 2.02. The first-order chi connectivity index (χ1) is 15.5. The maximum Gasteiger partial charge on any atom is 0.271 e. The van der Waals surface area contributed by atoms with Gasteiger partial charge in [-0.25, -0.2) is 8.42 Å². The zero-order valence-electron chi connectivity index (χ0n) is 19.1. The minimum Gasteiger partial charge on any atom is -0.495 e. The average molecular weight is 480 g/mol. The molecule has 0 aliphatic carbocycles. The molecule has 0 radical (unpaired) electrons. The third-order valence-electron chi connectivity index (χ3n) is 4.56. The van der Waals surface area contributed by atoms with Crippen molar-refractivity contribution in [2.75, 3.05) is 30.8 Å². The molecule has 33 heavy (non-hydrogen) atoms. The van der Waals surface area contributed by atoms with Gasteiger partial charge in [0.25, 0.3) is 5.69 Å². The van der Waals surface area contributed by atoms with Crippen LogP contribution in [0.1, 0.15) is 25.8 Å². The van der Waals surface area contributed by atoms with Gasteiger partial charge < -0.3 is 14.8 Å². The van der Waals surface area contributed by atoms with Crippen molar-refractivity contribution >= 4 is 27.3 Å². The fraction of sp³-hybridized carbons (Fsp3) is 0.409. The topological polar surface area (TPSA) is 128 Å². The molecule has 11 heteroatoms.